The molecule has 0 saturated carbocycles. The Morgan fingerprint density at radius 3 is 2.95 bits per heavy atom. The summed E-state index contributed by atoms with van der Waals surface area (Å²) < 4.78 is 1.07. The van der Waals surface area contributed by atoms with E-state index in [4.69, 9.17) is 17.3 Å². The Bertz CT molecular complexity index is 800. The van der Waals surface area contributed by atoms with Crippen molar-refractivity contribution in [2.45, 2.75) is 0 Å². The molecule has 2 aromatic carbocycles. The van der Waals surface area contributed by atoms with Crippen molar-refractivity contribution >= 4 is 50.4 Å². The highest BCUT2D eigenvalue weighted by molar-refractivity contribution is 7.16. The van der Waals surface area contributed by atoms with Crippen molar-refractivity contribution in [3.05, 3.63) is 52.5 Å². The molecule has 0 spiro atoms. The number of nitrogen functional groups attached to an aromatic ring is 1. The molecule has 0 saturated heterocycles. The summed E-state index contributed by atoms with van der Waals surface area (Å²) in [5.74, 6) is -0.292. The van der Waals surface area contributed by atoms with Crippen LogP contribution in [-0.4, -0.2) is 10.9 Å². The summed E-state index contributed by atoms with van der Waals surface area (Å²) in [6.45, 7) is 0. The lowest BCUT2D eigenvalue weighted by Crippen LogP contribution is -2.13. The van der Waals surface area contributed by atoms with Gasteiger partial charge in [0.15, 0.2) is 0 Å². The fourth-order valence-corrected chi connectivity index (χ4v) is 2.69. The highest BCUT2D eigenvalue weighted by Gasteiger charge is 2.11. The Hall–Kier alpha value is -2.11. The molecule has 1 heterocycles. The molecule has 1 amide bonds. The van der Waals surface area contributed by atoms with E-state index in [1.807, 2.05) is 18.2 Å². The first-order valence-corrected chi connectivity index (χ1v) is 7.09. The predicted octanol–water partition coefficient (Wildman–Crippen LogP) is 3.78. The van der Waals surface area contributed by atoms with Gasteiger partial charge in [-0.05, 0) is 36.4 Å². The highest BCUT2D eigenvalue weighted by atomic mass is 35.5. The van der Waals surface area contributed by atoms with Crippen LogP contribution in [0.5, 0.6) is 0 Å². The predicted molar refractivity (Wildman–Crippen MR) is 83.4 cm³/mol. The Labute approximate surface area is 124 Å². The van der Waals surface area contributed by atoms with Crippen LogP contribution in [0.3, 0.4) is 0 Å². The molecular formula is C14H10ClN3OS. The number of benzene rings is 2. The van der Waals surface area contributed by atoms with Gasteiger partial charge in [-0.3, -0.25) is 4.79 Å². The molecule has 0 unspecified atom stereocenters. The van der Waals surface area contributed by atoms with Gasteiger partial charge in [-0.2, -0.15) is 0 Å². The molecule has 3 N–H and O–H groups in total. The van der Waals surface area contributed by atoms with Gasteiger partial charge in [0.2, 0.25) is 0 Å². The van der Waals surface area contributed by atoms with Crippen molar-refractivity contribution in [2.24, 2.45) is 0 Å². The molecule has 1 aromatic heterocycles. The van der Waals surface area contributed by atoms with E-state index in [1.54, 1.807) is 35.0 Å². The van der Waals surface area contributed by atoms with Gasteiger partial charge in [0.1, 0.15) is 0 Å². The largest absolute Gasteiger partial charge is 0.398 e. The minimum absolute atomic E-state index is 0.292. The SMILES string of the molecule is Nc1ccc(Cl)cc1C(=O)Nc1ccc2scnc2c1. The van der Waals surface area contributed by atoms with E-state index in [2.05, 4.69) is 10.3 Å². The molecule has 100 valence electrons. The van der Waals surface area contributed by atoms with E-state index in [0.29, 0.717) is 22.0 Å². The Kier molecular flexibility index (Phi) is 3.30. The number of amides is 1. The van der Waals surface area contributed by atoms with Crippen molar-refractivity contribution in [2.75, 3.05) is 11.1 Å². The van der Waals surface area contributed by atoms with Crippen LogP contribution in [-0.2, 0) is 0 Å². The minimum Gasteiger partial charge on any atom is -0.398 e. The summed E-state index contributed by atoms with van der Waals surface area (Å²) in [4.78, 5) is 16.4. The van der Waals surface area contributed by atoms with Crippen LogP contribution >= 0.6 is 22.9 Å². The van der Waals surface area contributed by atoms with E-state index in [9.17, 15) is 4.79 Å². The topological polar surface area (TPSA) is 68.0 Å². The molecule has 0 bridgehead atoms. The van der Waals surface area contributed by atoms with Crippen LogP contribution in [0.4, 0.5) is 11.4 Å². The van der Waals surface area contributed by atoms with Crippen LogP contribution in [0.15, 0.2) is 41.9 Å². The average molecular weight is 304 g/mol. The van der Waals surface area contributed by atoms with E-state index in [0.717, 1.165) is 10.2 Å². The molecule has 0 aliphatic carbocycles. The maximum absolute atomic E-state index is 12.2. The number of nitrogens with one attached hydrogen (secondary N) is 1. The standard InChI is InChI=1S/C14H10ClN3OS/c15-8-1-3-11(16)10(5-8)14(19)18-9-2-4-13-12(6-9)17-7-20-13/h1-7H,16H2,(H,18,19). The number of halogens is 1. The summed E-state index contributed by atoms with van der Waals surface area (Å²) in [5, 5.41) is 3.27. The molecule has 3 aromatic rings. The number of fused-ring (bicyclic) bond motifs is 1. The van der Waals surface area contributed by atoms with Gasteiger partial charge in [0.25, 0.3) is 5.91 Å². The summed E-state index contributed by atoms with van der Waals surface area (Å²) >= 11 is 7.44. The number of hydrogen-bond donors (Lipinski definition) is 2. The quantitative estimate of drug-likeness (QED) is 0.708. The minimum atomic E-state index is -0.292. The van der Waals surface area contributed by atoms with Crippen LogP contribution < -0.4 is 11.1 Å². The molecule has 0 fully saturated rings. The van der Waals surface area contributed by atoms with Gasteiger partial charge < -0.3 is 11.1 Å². The van der Waals surface area contributed by atoms with Crippen molar-refractivity contribution in [1.29, 1.82) is 0 Å². The molecule has 0 atom stereocenters. The van der Waals surface area contributed by atoms with Crippen molar-refractivity contribution in [1.82, 2.24) is 4.98 Å². The van der Waals surface area contributed by atoms with Crippen molar-refractivity contribution in [3.8, 4) is 0 Å². The highest BCUT2D eigenvalue weighted by Crippen LogP contribution is 2.23. The zero-order chi connectivity index (χ0) is 14.1. The second-order valence-corrected chi connectivity index (χ2v) is 5.54. The summed E-state index contributed by atoms with van der Waals surface area (Å²) in [6.07, 6.45) is 0. The summed E-state index contributed by atoms with van der Waals surface area (Å²) in [7, 11) is 0. The van der Waals surface area contributed by atoms with Gasteiger partial charge >= 0.3 is 0 Å². The van der Waals surface area contributed by atoms with Gasteiger partial charge in [0.05, 0.1) is 21.3 Å². The number of carbonyl (C=O) groups is 1. The zero-order valence-electron chi connectivity index (χ0n) is 10.3. The van der Waals surface area contributed by atoms with Crippen LogP contribution in [0.25, 0.3) is 10.2 Å². The first kappa shape index (κ1) is 12.9. The summed E-state index contributed by atoms with van der Waals surface area (Å²) in [6, 6.07) is 10.4. The molecule has 6 heteroatoms. The molecule has 3 rings (SSSR count). The van der Waals surface area contributed by atoms with Gasteiger partial charge in [-0.1, -0.05) is 11.6 Å². The lowest BCUT2D eigenvalue weighted by molar-refractivity contribution is 0.102. The number of thiazole rings is 1. The van der Waals surface area contributed by atoms with E-state index < -0.39 is 0 Å². The fourth-order valence-electron chi connectivity index (χ4n) is 1.86. The van der Waals surface area contributed by atoms with Crippen molar-refractivity contribution in [3.63, 3.8) is 0 Å². The maximum atomic E-state index is 12.2. The Morgan fingerprint density at radius 1 is 1.25 bits per heavy atom. The Morgan fingerprint density at radius 2 is 2.10 bits per heavy atom. The molecule has 20 heavy (non-hydrogen) atoms. The van der Waals surface area contributed by atoms with Gasteiger partial charge in [-0.25, -0.2) is 4.98 Å². The molecule has 0 aliphatic rings. The lowest BCUT2D eigenvalue weighted by atomic mass is 10.1. The van der Waals surface area contributed by atoms with Gasteiger partial charge in [0, 0.05) is 16.4 Å². The van der Waals surface area contributed by atoms with Crippen LogP contribution in [0, 0.1) is 0 Å². The second-order valence-electron chi connectivity index (χ2n) is 4.22. The first-order valence-electron chi connectivity index (χ1n) is 5.83. The molecule has 0 aliphatic heterocycles. The normalized spacial score (nSPS) is 10.7. The van der Waals surface area contributed by atoms with E-state index in [-0.39, 0.29) is 5.91 Å². The lowest BCUT2D eigenvalue weighted by Gasteiger charge is -2.08. The Balaban J connectivity index is 1.89. The third-order valence-corrected chi connectivity index (χ3v) is 3.89. The van der Waals surface area contributed by atoms with Crippen molar-refractivity contribution < 1.29 is 4.79 Å². The number of carbonyl (C=O) groups excluding carboxylic acids is 1. The van der Waals surface area contributed by atoms with E-state index in [1.165, 1.54) is 0 Å². The molecule has 0 radical (unpaired) electrons. The maximum Gasteiger partial charge on any atom is 0.257 e. The molecular weight excluding hydrogens is 294 g/mol. The third-order valence-electron chi connectivity index (χ3n) is 2.85. The zero-order valence-corrected chi connectivity index (χ0v) is 11.8. The number of rotatable bonds is 2. The molecule has 4 nitrogen and oxygen atoms in total. The average Bonchev–Trinajstić information content (AvgIpc) is 2.89. The van der Waals surface area contributed by atoms with Crippen LogP contribution in [0.2, 0.25) is 5.02 Å². The number of nitrogens with zero attached hydrogens (tertiary/aromatic N) is 1. The number of nitrogens with two attached hydrogens (primary N) is 1. The van der Waals surface area contributed by atoms with Crippen LogP contribution in [0.1, 0.15) is 10.4 Å². The van der Waals surface area contributed by atoms with E-state index >= 15 is 0 Å². The fraction of sp³-hybridized carbons (Fsp3) is 0. The smallest absolute Gasteiger partial charge is 0.257 e. The third kappa shape index (κ3) is 2.45. The number of anilines is 2. The summed E-state index contributed by atoms with van der Waals surface area (Å²) in [5.41, 5.74) is 9.83. The monoisotopic (exact) mass is 303 g/mol. The van der Waals surface area contributed by atoms with Gasteiger partial charge in [-0.15, -0.1) is 11.3 Å². The number of aromatic nitrogens is 1. The first-order chi connectivity index (χ1) is 9.63. The number of hydrogen-bond acceptors (Lipinski definition) is 4. The second kappa shape index (κ2) is 5.11.